The van der Waals surface area contributed by atoms with Crippen molar-refractivity contribution in [2.24, 2.45) is 5.73 Å². The minimum atomic E-state index is -0.451. The van der Waals surface area contributed by atoms with Crippen LogP contribution in [0.15, 0.2) is 18.2 Å². The molecule has 2 heterocycles. The lowest BCUT2D eigenvalue weighted by Crippen LogP contribution is -2.41. The number of hydrogen-bond donors (Lipinski definition) is 1. The number of nitrogens with two attached hydrogens (primary N) is 1. The lowest BCUT2D eigenvalue weighted by Gasteiger charge is -2.28. The van der Waals surface area contributed by atoms with E-state index in [0.29, 0.717) is 13.2 Å². The van der Waals surface area contributed by atoms with Gasteiger partial charge >= 0.3 is 0 Å². The Labute approximate surface area is 130 Å². The SMILES string of the molecule is C[C@@H](N)C(=O)N1CCCC1c1ccc2c(c1)OCCO2.Cl. The largest absolute Gasteiger partial charge is 0.486 e. The van der Waals surface area contributed by atoms with Crippen LogP contribution in [0.1, 0.15) is 31.4 Å². The van der Waals surface area contributed by atoms with E-state index in [1.807, 2.05) is 23.1 Å². The molecule has 21 heavy (non-hydrogen) atoms. The highest BCUT2D eigenvalue weighted by molar-refractivity contribution is 5.85. The smallest absolute Gasteiger partial charge is 0.239 e. The number of halogens is 1. The number of fused-ring (bicyclic) bond motifs is 1. The van der Waals surface area contributed by atoms with Crippen molar-refractivity contribution in [1.82, 2.24) is 4.90 Å². The molecule has 0 radical (unpaired) electrons. The second-order valence-corrected chi connectivity index (χ2v) is 5.38. The number of benzene rings is 1. The fourth-order valence-corrected chi connectivity index (χ4v) is 2.91. The van der Waals surface area contributed by atoms with E-state index in [9.17, 15) is 4.79 Å². The van der Waals surface area contributed by atoms with Crippen molar-refractivity contribution in [3.8, 4) is 11.5 Å². The summed E-state index contributed by atoms with van der Waals surface area (Å²) in [5.41, 5.74) is 6.83. The number of nitrogens with zero attached hydrogens (tertiary/aromatic N) is 1. The molecule has 1 unspecified atom stereocenters. The van der Waals surface area contributed by atoms with Crippen molar-refractivity contribution in [2.75, 3.05) is 19.8 Å². The summed E-state index contributed by atoms with van der Waals surface area (Å²) in [5, 5.41) is 0. The third kappa shape index (κ3) is 3.09. The van der Waals surface area contributed by atoms with Crippen molar-refractivity contribution in [1.29, 1.82) is 0 Å². The highest BCUT2D eigenvalue weighted by Crippen LogP contribution is 2.38. The van der Waals surface area contributed by atoms with Gasteiger partial charge in [0.2, 0.25) is 5.91 Å². The second kappa shape index (κ2) is 6.54. The molecule has 6 heteroatoms. The molecule has 0 aliphatic carbocycles. The maximum atomic E-state index is 12.2. The Morgan fingerprint density at radius 3 is 2.76 bits per heavy atom. The van der Waals surface area contributed by atoms with Crippen molar-refractivity contribution in [2.45, 2.75) is 31.8 Å². The predicted octanol–water partition coefficient (Wildman–Crippen LogP) is 1.89. The molecule has 2 atom stereocenters. The molecule has 1 aromatic rings. The Kier molecular flexibility index (Phi) is 4.96. The zero-order valence-corrected chi connectivity index (χ0v) is 12.9. The van der Waals surface area contributed by atoms with E-state index in [-0.39, 0.29) is 24.4 Å². The van der Waals surface area contributed by atoms with E-state index >= 15 is 0 Å². The topological polar surface area (TPSA) is 64.8 Å². The lowest BCUT2D eigenvalue weighted by molar-refractivity contribution is -0.133. The minimum absolute atomic E-state index is 0. The lowest BCUT2D eigenvalue weighted by atomic mass is 10.0. The van der Waals surface area contributed by atoms with Crippen LogP contribution in [-0.2, 0) is 4.79 Å². The van der Waals surface area contributed by atoms with Crippen molar-refractivity contribution in [3.05, 3.63) is 23.8 Å². The number of likely N-dealkylation sites (tertiary alicyclic amines) is 1. The van der Waals surface area contributed by atoms with E-state index in [1.54, 1.807) is 6.92 Å². The molecule has 2 aliphatic rings. The fraction of sp³-hybridized carbons (Fsp3) is 0.533. The summed E-state index contributed by atoms with van der Waals surface area (Å²) in [4.78, 5) is 14.0. The maximum Gasteiger partial charge on any atom is 0.239 e. The number of hydrogen-bond acceptors (Lipinski definition) is 4. The van der Waals surface area contributed by atoms with Gasteiger partial charge in [-0.2, -0.15) is 0 Å². The molecular weight excluding hydrogens is 292 g/mol. The van der Waals surface area contributed by atoms with E-state index in [0.717, 1.165) is 36.4 Å². The molecule has 0 saturated carbocycles. The van der Waals surface area contributed by atoms with Gasteiger partial charge < -0.3 is 20.1 Å². The third-order valence-corrected chi connectivity index (χ3v) is 3.88. The standard InChI is InChI=1S/C15H20N2O3.ClH/c1-10(16)15(18)17-6-2-3-12(17)11-4-5-13-14(9-11)20-8-7-19-13;/h4-5,9-10,12H,2-3,6-8,16H2,1H3;1H/t10-,12?;/m1./s1. The molecule has 0 spiro atoms. The quantitative estimate of drug-likeness (QED) is 0.905. The van der Waals surface area contributed by atoms with Crippen LogP contribution < -0.4 is 15.2 Å². The summed E-state index contributed by atoms with van der Waals surface area (Å²) >= 11 is 0. The van der Waals surface area contributed by atoms with Gasteiger partial charge in [-0.15, -0.1) is 12.4 Å². The molecule has 1 saturated heterocycles. The van der Waals surface area contributed by atoms with Crippen LogP contribution in [0.2, 0.25) is 0 Å². The number of ether oxygens (including phenoxy) is 2. The Morgan fingerprint density at radius 1 is 1.33 bits per heavy atom. The summed E-state index contributed by atoms with van der Waals surface area (Å²) in [6.07, 6.45) is 1.98. The van der Waals surface area contributed by atoms with Gasteiger partial charge in [-0.1, -0.05) is 6.07 Å². The molecular formula is C15H21ClN2O3. The van der Waals surface area contributed by atoms with Gasteiger partial charge in [-0.05, 0) is 37.5 Å². The number of rotatable bonds is 2. The average molecular weight is 313 g/mol. The Hall–Kier alpha value is -1.46. The van der Waals surface area contributed by atoms with Gasteiger partial charge in [0.1, 0.15) is 13.2 Å². The molecule has 1 fully saturated rings. The van der Waals surface area contributed by atoms with Gasteiger partial charge in [0.15, 0.2) is 11.5 Å². The maximum absolute atomic E-state index is 12.2. The Morgan fingerprint density at radius 2 is 2.05 bits per heavy atom. The van der Waals surface area contributed by atoms with Crippen molar-refractivity contribution in [3.63, 3.8) is 0 Å². The van der Waals surface area contributed by atoms with Crippen LogP contribution in [-0.4, -0.2) is 36.6 Å². The minimum Gasteiger partial charge on any atom is -0.486 e. The Bertz CT molecular complexity index is 522. The average Bonchev–Trinajstić information content (AvgIpc) is 2.95. The first-order chi connectivity index (χ1) is 9.66. The van der Waals surface area contributed by atoms with Gasteiger partial charge in [0.25, 0.3) is 0 Å². The molecule has 1 aromatic carbocycles. The summed E-state index contributed by atoms with van der Waals surface area (Å²) in [6, 6.07) is 5.59. The van der Waals surface area contributed by atoms with Crippen LogP contribution >= 0.6 is 12.4 Å². The Balaban J connectivity index is 0.00000161. The van der Waals surface area contributed by atoms with Crippen LogP contribution in [0, 0.1) is 0 Å². The van der Waals surface area contributed by atoms with E-state index in [1.165, 1.54) is 0 Å². The molecule has 0 aromatic heterocycles. The van der Waals surface area contributed by atoms with Gasteiger partial charge in [0.05, 0.1) is 12.1 Å². The predicted molar refractivity (Wildman–Crippen MR) is 82.0 cm³/mol. The second-order valence-electron chi connectivity index (χ2n) is 5.38. The van der Waals surface area contributed by atoms with Crippen molar-refractivity contribution >= 4 is 18.3 Å². The summed E-state index contributed by atoms with van der Waals surface area (Å²) in [6.45, 7) is 3.68. The summed E-state index contributed by atoms with van der Waals surface area (Å²) < 4.78 is 11.1. The normalized spacial score (nSPS) is 21.6. The van der Waals surface area contributed by atoms with E-state index < -0.39 is 6.04 Å². The van der Waals surface area contributed by atoms with Crippen LogP contribution in [0.25, 0.3) is 0 Å². The number of carbonyl (C=O) groups is 1. The van der Waals surface area contributed by atoms with Crippen LogP contribution in [0.3, 0.4) is 0 Å². The van der Waals surface area contributed by atoms with Crippen LogP contribution in [0.4, 0.5) is 0 Å². The molecule has 116 valence electrons. The highest BCUT2D eigenvalue weighted by atomic mass is 35.5. The summed E-state index contributed by atoms with van der Waals surface area (Å²) in [5.74, 6) is 1.57. The highest BCUT2D eigenvalue weighted by Gasteiger charge is 2.32. The third-order valence-electron chi connectivity index (χ3n) is 3.88. The molecule has 1 amide bonds. The van der Waals surface area contributed by atoms with Gasteiger partial charge in [0, 0.05) is 6.54 Å². The molecule has 2 N–H and O–H groups in total. The zero-order valence-electron chi connectivity index (χ0n) is 12.1. The van der Waals surface area contributed by atoms with E-state index in [2.05, 4.69) is 0 Å². The zero-order chi connectivity index (χ0) is 14.1. The molecule has 0 bridgehead atoms. The number of amides is 1. The first kappa shape index (κ1) is 15.9. The number of carbonyl (C=O) groups excluding carboxylic acids is 1. The van der Waals surface area contributed by atoms with Gasteiger partial charge in [-0.3, -0.25) is 4.79 Å². The van der Waals surface area contributed by atoms with Crippen molar-refractivity contribution < 1.29 is 14.3 Å². The van der Waals surface area contributed by atoms with Gasteiger partial charge in [-0.25, -0.2) is 0 Å². The molecule has 2 aliphatic heterocycles. The monoisotopic (exact) mass is 312 g/mol. The van der Waals surface area contributed by atoms with Crippen LogP contribution in [0.5, 0.6) is 11.5 Å². The fourth-order valence-electron chi connectivity index (χ4n) is 2.91. The first-order valence-corrected chi connectivity index (χ1v) is 7.12. The first-order valence-electron chi connectivity index (χ1n) is 7.12. The molecule has 5 nitrogen and oxygen atoms in total. The molecule has 3 rings (SSSR count). The summed E-state index contributed by atoms with van der Waals surface area (Å²) in [7, 11) is 0. The van der Waals surface area contributed by atoms with E-state index in [4.69, 9.17) is 15.2 Å².